The second-order valence-corrected chi connectivity index (χ2v) is 6.90. The molecule has 0 radical (unpaired) electrons. The molecule has 1 fully saturated rings. The topological polar surface area (TPSA) is 112 Å². The Morgan fingerprint density at radius 3 is 2.65 bits per heavy atom. The summed E-state index contributed by atoms with van der Waals surface area (Å²) in [5.74, 6) is -2.38. The molecule has 4 rings (SSSR count). The number of rotatable bonds is 2. The predicted molar refractivity (Wildman–Crippen MR) is 88.4 cm³/mol. The molecule has 1 saturated heterocycles. The Labute approximate surface area is 144 Å². The molecule has 2 N–H and O–H groups in total. The molecule has 0 bridgehead atoms. The van der Waals surface area contributed by atoms with Gasteiger partial charge in [-0.1, -0.05) is 13.8 Å². The number of H-pyrrole nitrogens is 2. The van der Waals surface area contributed by atoms with Crippen LogP contribution in [0.5, 0.6) is 0 Å². The summed E-state index contributed by atoms with van der Waals surface area (Å²) < 4.78 is 30.0. The predicted octanol–water partition coefficient (Wildman–Crippen LogP) is 0.649. The molecule has 0 aliphatic carbocycles. The van der Waals surface area contributed by atoms with Crippen molar-refractivity contribution in [1.29, 1.82) is 0 Å². The first kappa shape index (κ1) is 16.4. The lowest BCUT2D eigenvalue weighted by atomic mass is 9.89. The van der Waals surface area contributed by atoms with Crippen LogP contribution in [0, 0.1) is 5.41 Å². The highest BCUT2D eigenvalue weighted by Crippen LogP contribution is 2.44. The van der Waals surface area contributed by atoms with Crippen LogP contribution in [0.2, 0.25) is 0 Å². The van der Waals surface area contributed by atoms with Crippen molar-refractivity contribution < 1.29 is 8.78 Å². The van der Waals surface area contributed by atoms with Gasteiger partial charge in [-0.15, -0.1) is 0 Å². The molecule has 3 aromatic rings. The highest BCUT2D eigenvalue weighted by molar-refractivity contribution is 5.64. The van der Waals surface area contributed by atoms with Crippen molar-refractivity contribution >= 4 is 11.6 Å². The van der Waals surface area contributed by atoms with Gasteiger partial charge in [0.25, 0.3) is 17.3 Å². The zero-order valence-corrected chi connectivity index (χ0v) is 14.0. The smallest absolute Gasteiger partial charge is 0.325 e. The van der Waals surface area contributed by atoms with E-state index in [4.69, 9.17) is 0 Å². The SMILES string of the molecule is CC1(C)CN(c2cc(-c3c[nH]c(=O)[nH]c3=O)nc3ncnn23)CC1(F)F. The average Bonchev–Trinajstić information content (AvgIpc) is 3.08. The number of fused-ring (bicyclic) bond motifs is 1. The van der Waals surface area contributed by atoms with E-state index in [1.54, 1.807) is 0 Å². The first-order valence-corrected chi connectivity index (χ1v) is 7.84. The molecule has 0 amide bonds. The first-order valence-electron chi connectivity index (χ1n) is 7.84. The van der Waals surface area contributed by atoms with Gasteiger partial charge in [0.05, 0.1) is 17.8 Å². The molecule has 136 valence electrons. The van der Waals surface area contributed by atoms with E-state index in [9.17, 15) is 18.4 Å². The summed E-state index contributed by atoms with van der Waals surface area (Å²) >= 11 is 0. The van der Waals surface area contributed by atoms with Crippen molar-refractivity contribution in [1.82, 2.24) is 29.5 Å². The molecule has 0 aromatic carbocycles. The van der Waals surface area contributed by atoms with Crippen LogP contribution in [0.15, 0.2) is 28.2 Å². The highest BCUT2D eigenvalue weighted by Gasteiger charge is 2.54. The third-order valence-corrected chi connectivity index (χ3v) is 4.62. The number of halogens is 2. The third kappa shape index (κ3) is 2.38. The Bertz CT molecular complexity index is 1100. The lowest BCUT2D eigenvalue weighted by Gasteiger charge is -2.24. The molecule has 26 heavy (non-hydrogen) atoms. The quantitative estimate of drug-likeness (QED) is 0.691. The van der Waals surface area contributed by atoms with E-state index < -0.39 is 29.1 Å². The van der Waals surface area contributed by atoms with E-state index >= 15 is 0 Å². The minimum absolute atomic E-state index is 0.0976. The largest absolute Gasteiger partial charge is 0.350 e. The third-order valence-electron chi connectivity index (χ3n) is 4.62. The van der Waals surface area contributed by atoms with Crippen LogP contribution < -0.4 is 16.1 Å². The normalized spacial score (nSPS) is 18.5. The van der Waals surface area contributed by atoms with Crippen LogP contribution >= 0.6 is 0 Å². The van der Waals surface area contributed by atoms with Gasteiger partial charge in [0.15, 0.2) is 0 Å². The van der Waals surface area contributed by atoms with E-state index in [2.05, 4.69) is 25.0 Å². The summed E-state index contributed by atoms with van der Waals surface area (Å²) in [6.07, 6.45) is 2.48. The molecule has 1 aliphatic heterocycles. The van der Waals surface area contributed by atoms with Gasteiger partial charge in [0.1, 0.15) is 12.1 Å². The van der Waals surface area contributed by atoms with E-state index in [-0.39, 0.29) is 23.6 Å². The standard InChI is InChI=1S/C15H15F2N7O2/c1-14(2)5-23(6-15(14,16)17)10-3-9(21-12-19-7-20-24(10)12)8-4-18-13(26)22-11(8)25/h3-4,7H,5-6H2,1-2H3,(H2,18,22,25,26). The monoisotopic (exact) mass is 363 g/mol. The lowest BCUT2D eigenvalue weighted by molar-refractivity contribution is -0.0642. The molecule has 0 spiro atoms. The maximum atomic E-state index is 14.3. The first-order chi connectivity index (χ1) is 12.2. The van der Waals surface area contributed by atoms with Gasteiger partial charge in [-0.05, 0) is 0 Å². The number of anilines is 1. The fourth-order valence-corrected chi connectivity index (χ4v) is 3.02. The summed E-state index contributed by atoms with van der Waals surface area (Å²) in [6, 6.07) is 1.49. The van der Waals surface area contributed by atoms with Crippen LogP contribution in [0.25, 0.3) is 17.0 Å². The van der Waals surface area contributed by atoms with Crippen LogP contribution in [0.3, 0.4) is 0 Å². The number of aromatic nitrogens is 6. The fourth-order valence-electron chi connectivity index (χ4n) is 3.02. The molecule has 0 unspecified atom stereocenters. The number of hydrogen-bond donors (Lipinski definition) is 2. The van der Waals surface area contributed by atoms with Gasteiger partial charge in [0, 0.05) is 24.2 Å². The molecular formula is C15H15F2N7O2. The minimum Gasteiger partial charge on any atom is -0.350 e. The van der Waals surface area contributed by atoms with Gasteiger partial charge < -0.3 is 9.88 Å². The maximum absolute atomic E-state index is 14.3. The lowest BCUT2D eigenvalue weighted by Crippen LogP contribution is -2.34. The van der Waals surface area contributed by atoms with Crippen molar-refractivity contribution in [3.63, 3.8) is 0 Å². The summed E-state index contributed by atoms with van der Waals surface area (Å²) in [4.78, 5) is 37.5. The molecular weight excluding hydrogens is 348 g/mol. The molecule has 0 saturated carbocycles. The Hall–Kier alpha value is -3.11. The van der Waals surface area contributed by atoms with Crippen LogP contribution in [-0.2, 0) is 0 Å². The molecule has 1 aliphatic rings. The van der Waals surface area contributed by atoms with Gasteiger partial charge in [-0.2, -0.15) is 14.6 Å². The number of aromatic amines is 2. The van der Waals surface area contributed by atoms with Crippen molar-refractivity contribution in [2.45, 2.75) is 19.8 Å². The Balaban J connectivity index is 1.89. The molecule has 0 atom stereocenters. The van der Waals surface area contributed by atoms with Crippen LogP contribution in [0.4, 0.5) is 14.6 Å². The summed E-state index contributed by atoms with van der Waals surface area (Å²) in [6.45, 7) is 2.61. The van der Waals surface area contributed by atoms with E-state index in [0.29, 0.717) is 5.82 Å². The van der Waals surface area contributed by atoms with Gasteiger partial charge in [-0.25, -0.2) is 18.6 Å². The van der Waals surface area contributed by atoms with Crippen molar-refractivity contribution in [3.8, 4) is 11.3 Å². The van der Waals surface area contributed by atoms with Crippen LogP contribution in [0.1, 0.15) is 13.8 Å². The number of nitrogens with zero attached hydrogens (tertiary/aromatic N) is 5. The van der Waals surface area contributed by atoms with Gasteiger partial charge in [-0.3, -0.25) is 9.78 Å². The maximum Gasteiger partial charge on any atom is 0.325 e. The number of hydrogen-bond acceptors (Lipinski definition) is 6. The van der Waals surface area contributed by atoms with Gasteiger partial charge in [0.2, 0.25) is 0 Å². The zero-order chi connectivity index (χ0) is 18.7. The summed E-state index contributed by atoms with van der Waals surface area (Å²) in [5.41, 5.74) is -2.21. The van der Waals surface area contributed by atoms with Crippen LogP contribution in [-0.4, -0.2) is 48.6 Å². The average molecular weight is 363 g/mol. The molecule has 11 heteroatoms. The summed E-state index contributed by atoms with van der Waals surface area (Å²) in [5, 5.41) is 4.04. The summed E-state index contributed by atoms with van der Waals surface area (Å²) in [7, 11) is 0. The zero-order valence-electron chi connectivity index (χ0n) is 14.0. The number of alkyl halides is 2. The van der Waals surface area contributed by atoms with E-state index in [0.717, 1.165) is 0 Å². The molecule has 3 aromatic heterocycles. The second kappa shape index (κ2) is 5.19. The van der Waals surface area contributed by atoms with E-state index in [1.165, 1.54) is 41.9 Å². The van der Waals surface area contributed by atoms with Crippen molar-refractivity contribution in [2.24, 2.45) is 5.41 Å². The molecule has 9 nitrogen and oxygen atoms in total. The highest BCUT2D eigenvalue weighted by atomic mass is 19.3. The van der Waals surface area contributed by atoms with E-state index in [1.807, 2.05) is 0 Å². The number of nitrogens with one attached hydrogen (secondary N) is 2. The Morgan fingerprint density at radius 1 is 1.23 bits per heavy atom. The minimum atomic E-state index is -2.89. The fraction of sp³-hybridized carbons (Fsp3) is 0.400. The Kier molecular flexibility index (Phi) is 3.27. The molecule has 4 heterocycles. The second-order valence-electron chi connectivity index (χ2n) is 6.90. The Morgan fingerprint density at radius 2 is 2.00 bits per heavy atom. The van der Waals surface area contributed by atoms with Gasteiger partial charge >= 0.3 is 5.69 Å². The van der Waals surface area contributed by atoms with Crippen molar-refractivity contribution in [2.75, 3.05) is 18.0 Å². The van der Waals surface area contributed by atoms with Crippen molar-refractivity contribution in [3.05, 3.63) is 39.4 Å².